The third-order valence-electron chi connectivity index (χ3n) is 3.13. The van der Waals surface area contributed by atoms with Gasteiger partial charge in [-0.2, -0.15) is 5.10 Å². The maximum Gasteiger partial charge on any atom is 0.330 e. The van der Waals surface area contributed by atoms with Crippen molar-refractivity contribution in [2.24, 2.45) is 12.8 Å². The molecule has 20 heavy (non-hydrogen) atoms. The van der Waals surface area contributed by atoms with Crippen LogP contribution in [0.5, 0.6) is 0 Å². The van der Waals surface area contributed by atoms with Crippen molar-refractivity contribution in [2.75, 3.05) is 6.54 Å². The molecule has 0 aliphatic carbocycles. The molecular formula is C13H19N5O2. The quantitative estimate of drug-likeness (QED) is 0.759. The zero-order valence-corrected chi connectivity index (χ0v) is 11.5. The van der Waals surface area contributed by atoms with Gasteiger partial charge < -0.3 is 10.3 Å². The van der Waals surface area contributed by atoms with E-state index in [2.05, 4.69) is 5.10 Å². The third-order valence-corrected chi connectivity index (χ3v) is 3.13. The van der Waals surface area contributed by atoms with Crippen molar-refractivity contribution >= 4 is 0 Å². The fourth-order valence-corrected chi connectivity index (χ4v) is 2.03. The summed E-state index contributed by atoms with van der Waals surface area (Å²) in [5, 5.41) is 4.08. The molecule has 0 saturated carbocycles. The summed E-state index contributed by atoms with van der Waals surface area (Å²) in [4.78, 5) is 23.9. The summed E-state index contributed by atoms with van der Waals surface area (Å²) in [6.07, 6.45) is 6.54. The fourth-order valence-electron chi connectivity index (χ4n) is 2.03. The Morgan fingerprint density at radius 1 is 1.30 bits per heavy atom. The SMILES string of the molecule is Cn1cc(CCn2ccc(=O)n(CCCN)c2=O)cn1. The molecule has 0 aliphatic heterocycles. The lowest BCUT2D eigenvalue weighted by atomic mass is 10.2. The second kappa shape index (κ2) is 6.33. The topological polar surface area (TPSA) is 87.8 Å². The molecule has 2 aromatic rings. The van der Waals surface area contributed by atoms with Crippen molar-refractivity contribution < 1.29 is 0 Å². The first-order valence-electron chi connectivity index (χ1n) is 6.59. The summed E-state index contributed by atoms with van der Waals surface area (Å²) >= 11 is 0. The Morgan fingerprint density at radius 3 is 2.75 bits per heavy atom. The lowest BCUT2D eigenvalue weighted by Gasteiger charge is -2.08. The molecule has 0 fully saturated rings. The van der Waals surface area contributed by atoms with Gasteiger partial charge in [0.15, 0.2) is 0 Å². The van der Waals surface area contributed by atoms with E-state index >= 15 is 0 Å². The van der Waals surface area contributed by atoms with E-state index in [-0.39, 0.29) is 11.2 Å². The Hall–Kier alpha value is -2.15. The average Bonchev–Trinajstić information content (AvgIpc) is 2.83. The highest BCUT2D eigenvalue weighted by Crippen LogP contribution is 1.98. The van der Waals surface area contributed by atoms with Crippen molar-refractivity contribution in [1.82, 2.24) is 18.9 Å². The van der Waals surface area contributed by atoms with Gasteiger partial charge >= 0.3 is 5.69 Å². The Bertz CT molecular complexity index is 683. The molecule has 0 aromatic carbocycles. The maximum atomic E-state index is 12.2. The summed E-state index contributed by atoms with van der Waals surface area (Å²) < 4.78 is 4.50. The van der Waals surface area contributed by atoms with Crippen LogP contribution in [0.4, 0.5) is 0 Å². The van der Waals surface area contributed by atoms with Crippen LogP contribution in [-0.4, -0.2) is 25.5 Å². The minimum absolute atomic E-state index is 0.277. The number of rotatable bonds is 6. The predicted molar refractivity (Wildman–Crippen MR) is 75.5 cm³/mol. The molecule has 0 aliphatic rings. The van der Waals surface area contributed by atoms with Gasteiger partial charge in [-0.1, -0.05) is 0 Å². The van der Waals surface area contributed by atoms with Crippen LogP contribution in [0.25, 0.3) is 0 Å². The molecule has 7 heteroatoms. The molecule has 2 rings (SSSR count). The summed E-state index contributed by atoms with van der Waals surface area (Å²) in [6.45, 7) is 1.34. The van der Waals surface area contributed by atoms with Crippen molar-refractivity contribution in [3.63, 3.8) is 0 Å². The third kappa shape index (κ3) is 3.24. The lowest BCUT2D eigenvalue weighted by molar-refractivity contribution is 0.536. The largest absolute Gasteiger partial charge is 0.330 e. The van der Waals surface area contributed by atoms with Gasteiger partial charge in [-0.3, -0.25) is 14.0 Å². The molecule has 0 spiro atoms. The van der Waals surface area contributed by atoms with Crippen LogP contribution in [-0.2, 0) is 26.6 Å². The fraction of sp³-hybridized carbons (Fsp3) is 0.462. The average molecular weight is 277 g/mol. The van der Waals surface area contributed by atoms with Crippen LogP contribution >= 0.6 is 0 Å². The molecule has 2 aromatic heterocycles. The molecule has 2 heterocycles. The van der Waals surface area contributed by atoms with E-state index in [1.807, 2.05) is 13.2 Å². The molecular weight excluding hydrogens is 258 g/mol. The van der Waals surface area contributed by atoms with Crippen LogP contribution in [0.1, 0.15) is 12.0 Å². The van der Waals surface area contributed by atoms with E-state index < -0.39 is 0 Å². The Labute approximate surface area is 116 Å². The van der Waals surface area contributed by atoms with Crippen molar-refractivity contribution in [2.45, 2.75) is 25.9 Å². The van der Waals surface area contributed by atoms with Crippen LogP contribution < -0.4 is 17.0 Å². The predicted octanol–water partition coefficient (Wildman–Crippen LogP) is -0.665. The number of hydrogen-bond donors (Lipinski definition) is 1. The highest BCUT2D eigenvalue weighted by Gasteiger charge is 2.05. The second-order valence-corrected chi connectivity index (χ2v) is 4.70. The highest BCUT2D eigenvalue weighted by atomic mass is 16.2. The number of hydrogen-bond acceptors (Lipinski definition) is 4. The molecule has 0 amide bonds. The molecule has 7 nitrogen and oxygen atoms in total. The zero-order chi connectivity index (χ0) is 14.5. The van der Waals surface area contributed by atoms with E-state index in [0.717, 1.165) is 5.56 Å². The van der Waals surface area contributed by atoms with E-state index in [4.69, 9.17) is 5.73 Å². The van der Waals surface area contributed by atoms with Crippen LogP contribution in [0.3, 0.4) is 0 Å². The number of nitrogens with zero attached hydrogens (tertiary/aromatic N) is 4. The van der Waals surface area contributed by atoms with Gasteiger partial charge in [-0.05, 0) is 24.9 Å². The van der Waals surface area contributed by atoms with Gasteiger partial charge in [0.25, 0.3) is 5.56 Å². The molecule has 108 valence electrons. The molecule has 2 N–H and O–H groups in total. The molecule has 0 radical (unpaired) electrons. The summed E-state index contributed by atoms with van der Waals surface area (Å²) in [6, 6.07) is 1.42. The first-order chi connectivity index (χ1) is 9.61. The summed E-state index contributed by atoms with van der Waals surface area (Å²) in [7, 11) is 1.85. The van der Waals surface area contributed by atoms with Crippen LogP contribution in [0.2, 0.25) is 0 Å². The van der Waals surface area contributed by atoms with E-state index in [1.165, 1.54) is 10.6 Å². The summed E-state index contributed by atoms with van der Waals surface area (Å²) in [5.74, 6) is 0. The van der Waals surface area contributed by atoms with E-state index in [9.17, 15) is 9.59 Å². The molecule has 0 bridgehead atoms. The first kappa shape index (κ1) is 14.3. The van der Waals surface area contributed by atoms with Crippen LogP contribution in [0.15, 0.2) is 34.2 Å². The molecule has 0 atom stereocenters. The second-order valence-electron chi connectivity index (χ2n) is 4.70. The lowest BCUT2D eigenvalue weighted by Crippen LogP contribution is -2.39. The van der Waals surface area contributed by atoms with Crippen molar-refractivity contribution in [1.29, 1.82) is 0 Å². The minimum Gasteiger partial charge on any atom is -0.330 e. The minimum atomic E-state index is -0.283. The van der Waals surface area contributed by atoms with Gasteiger partial charge in [-0.25, -0.2) is 4.79 Å². The highest BCUT2D eigenvalue weighted by molar-refractivity contribution is 5.03. The van der Waals surface area contributed by atoms with E-state index in [1.54, 1.807) is 21.6 Å². The summed E-state index contributed by atoms with van der Waals surface area (Å²) in [5.41, 5.74) is 5.91. The molecule has 0 unspecified atom stereocenters. The maximum absolute atomic E-state index is 12.2. The Kier molecular flexibility index (Phi) is 4.52. The van der Waals surface area contributed by atoms with Gasteiger partial charge in [0, 0.05) is 38.6 Å². The Balaban J connectivity index is 2.16. The number of aryl methyl sites for hydroxylation is 3. The standard InChI is InChI=1S/C13H19N5O2/c1-16-10-11(9-15-16)3-7-17-8-4-12(19)18(13(17)20)6-2-5-14/h4,8-10H,2-3,5-7,14H2,1H3. The van der Waals surface area contributed by atoms with Crippen LogP contribution in [0, 0.1) is 0 Å². The zero-order valence-electron chi connectivity index (χ0n) is 11.5. The normalized spacial score (nSPS) is 10.9. The number of nitrogens with two attached hydrogens (primary N) is 1. The van der Waals surface area contributed by atoms with Gasteiger partial charge in [-0.15, -0.1) is 0 Å². The van der Waals surface area contributed by atoms with Gasteiger partial charge in [0.1, 0.15) is 0 Å². The van der Waals surface area contributed by atoms with Gasteiger partial charge in [0.05, 0.1) is 6.20 Å². The monoisotopic (exact) mass is 277 g/mol. The Morgan fingerprint density at radius 2 is 2.10 bits per heavy atom. The van der Waals surface area contributed by atoms with Crippen molar-refractivity contribution in [3.05, 3.63) is 51.1 Å². The van der Waals surface area contributed by atoms with E-state index in [0.29, 0.717) is 32.5 Å². The first-order valence-corrected chi connectivity index (χ1v) is 6.59. The number of aromatic nitrogens is 4. The van der Waals surface area contributed by atoms with Gasteiger partial charge in [0.2, 0.25) is 0 Å². The smallest absolute Gasteiger partial charge is 0.330 e. The van der Waals surface area contributed by atoms with Crippen molar-refractivity contribution in [3.8, 4) is 0 Å². The molecule has 0 saturated heterocycles.